The highest BCUT2D eigenvalue weighted by Crippen LogP contribution is 2.09. The molecular formula is C10H10O4S. The number of ketones is 2. The van der Waals surface area contributed by atoms with Gasteiger partial charge in [0.1, 0.15) is 0 Å². The van der Waals surface area contributed by atoms with E-state index in [0.717, 1.165) is 0 Å². The van der Waals surface area contributed by atoms with Crippen LogP contribution in [0.4, 0.5) is 0 Å². The van der Waals surface area contributed by atoms with Gasteiger partial charge in [-0.1, -0.05) is 0 Å². The summed E-state index contributed by atoms with van der Waals surface area (Å²) >= 11 is 1.37. The molecule has 0 saturated heterocycles. The van der Waals surface area contributed by atoms with E-state index in [1.54, 1.807) is 23.8 Å². The Hall–Kier alpha value is -1.49. The summed E-state index contributed by atoms with van der Waals surface area (Å²) in [6, 6.07) is 1.62. The first-order chi connectivity index (χ1) is 7.15. The van der Waals surface area contributed by atoms with E-state index >= 15 is 0 Å². The molecule has 0 spiro atoms. The second-order valence-corrected chi connectivity index (χ2v) is 3.54. The van der Waals surface area contributed by atoms with Crippen molar-refractivity contribution in [1.82, 2.24) is 0 Å². The predicted octanol–water partition coefficient (Wildman–Crippen LogP) is 1.45. The van der Waals surface area contributed by atoms with Crippen molar-refractivity contribution in [2.45, 2.75) is 13.3 Å². The fourth-order valence-electron chi connectivity index (χ4n) is 0.955. The van der Waals surface area contributed by atoms with Crippen LogP contribution < -0.4 is 0 Å². The van der Waals surface area contributed by atoms with Crippen LogP contribution in [0, 0.1) is 0 Å². The molecule has 1 aromatic heterocycles. The molecular weight excluding hydrogens is 216 g/mol. The minimum absolute atomic E-state index is 0.136. The third-order valence-electron chi connectivity index (χ3n) is 1.67. The van der Waals surface area contributed by atoms with Gasteiger partial charge in [0.05, 0.1) is 13.0 Å². The van der Waals surface area contributed by atoms with E-state index < -0.39 is 18.2 Å². The number of hydrogen-bond donors (Lipinski definition) is 0. The second kappa shape index (κ2) is 5.41. The van der Waals surface area contributed by atoms with Crippen LogP contribution in [0.5, 0.6) is 0 Å². The Morgan fingerprint density at radius 2 is 2.13 bits per heavy atom. The molecule has 4 nitrogen and oxygen atoms in total. The normalized spacial score (nSPS) is 9.67. The Bertz CT molecular complexity index is 367. The average Bonchev–Trinajstić information content (AvgIpc) is 2.70. The number of ether oxygens (including phenoxy) is 1. The van der Waals surface area contributed by atoms with Crippen molar-refractivity contribution >= 4 is 28.9 Å². The number of rotatable bonds is 5. The minimum Gasteiger partial charge on any atom is -0.460 e. The van der Waals surface area contributed by atoms with Crippen LogP contribution in [0.2, 0.25) is 0 Å². The fraction of sp³-hybridized carbons (Fsp3) is 0.300. The summed E-state index contributed by atoms with van der Waals surface area (Å²) in [5, 5.41) is 3.38. The average molecular weight is 226 g/mol. The van der Waals surface area contributed by atoms with Gasteiger partial charge >= 0.3 is 5.97 Å². The largest absolute Gasteiger partial charge is 0.460 e. The molecule has 5 heteroatoms. The molecule has 0 bridgehead atoms. The lowest BCUT2D eigenvalue weighted by Gasteiger charge is -1.99. The molecule has 0 aliphatic rings. The number of esters is 1. The molecule has 1 rings (SSSR count). The van der Waals surface area contributed by atoms with Gasteiger partial charge in [0.25, 0.3) is 0 Å². The van der Waals surface area contributed by atoms with Crippen molar-refractivity contribution < 1.29 is 19.1 Å². The molecule has 0 N–H and O–H groups in total. The van der Waals surface area contributed by atoms with E-state index in [9.17, 15) is 14.4 Å². The number of thiophene rings is 1. The van der Waals surface area contributed by atoms with Crippen LogP contribution in [0.3, 0.4) is 0 Å². The smallest absolute Gasteiger partial charge is 0.375 e. The van der Waals surface area contributed by atoms with E-state index in [-0.39, 0.29) is 12.4 Å². The maximum Gasteiger partial charge on any atom is 0.375 e. The van der Waals surface area contributed by atoms with Crippen LogP contribution in [0.25, 0.3) is 0 Å². The number of carbonyl (C=O) groups is 3. The number of Topliss-reactive ketones (excluding diaryl/α,β-unsaturated/α-hetero) is 2. The summed E-state index contributed by atoms with van der Waals surface area (Å²) in [6.45, 7) is 1.74. The third-order valence-corrected chi connectivity index (χ3v) is 2.35. The molecule has 0 atom stereocenters. The third kappa shape index (κ3) is 3.28. The molecule has 0 aromatic carbocycles. The summed E-state index contributed by atoms with van der Waals surface area (Å²) < 4.78 is 4.48. The number of carbonyl (C=O) groups excluding carboxylic acids is 3. The van der Waals surface area contributed by atoms with Gasteiger partial charge in [0.15, 0.2) is 5.78 Å². The van der Waals surface area contributed by atoms with Gasteiger partial charge in [0, 0.05) is 10.9 Å². The van der Waals surface area contributed by atoms with E-state index in [4.69, 9.17) is 0 Å². The quantitative estimate of drug-likeness (QED) is 0.330. The first-order valence-corrected chi connectivity index (χ1v) is 5.34. The predicted molar refractivity (Wildman–Crippen MR) is 54.9 cm³/mol. The Balaban J connectivity index is 2.52. The van der Waals surface area contributed by atoms with Crippen LogP contribution in [-0.2, 0) is 14.3 Å². The van der Waals surface area contributed by atoms with Crippen LogP contribution >= 0.6 is 11.3 Å². The Labute approximate surface area is 90.9 Å². The maximum absolute atomic E-state index is 11.4. The van der Waals surface area contributed by atoms with Crippen LogP contribution in [-0.4, -0.2) is 24.1 Å². The fourth-order valence-corrected chi connectivity index (χ4v) is 1.62. The monoisotopic (exact) mass is 226 g/mol. The molecule has 80 valence electrons. The zero-order chi connectivity index (χ0) is 11.3. The lowest BCUT2D eigenvalue weighted by Crippen LogP contribution is -2.20. The zero-order valence-corrected chi connectivity index (χ0v) is 9.00. The highest BCUT2D eigenvalue weighted by molar-refractivity contribution is 7.08. The van der Waals surface area contributed by atoms with Gasteiger partial charge in [-0.3, -0.25) is 9.59 Å². The molecule has 0 amide bonds. The summed E-state index contributed by atoms with van der Waals surface area (Å²) in [5.41, 5.74) is 0.456. The first-order valence-electron chi connectivity index (χ1n) is 4.40. The first kappa shape index (κ1) is 11.6. The van der Waals surface area contributed by atoms with Gasteiger partial charge < -0.3 is 4.74 Å². The highest BCUT2D eigenvalue weighted by Gasteiger charge is 2.19. The molecule has 1 heterocycles. The van der Waals surface area contributed by atoms with Crippen LogP contribution in [0.1, 0.15) is 23.7 Å². The van der Waals surface area contributed by atoms with E-state index in [0.29, 0.717) is 5.56 Å². The zero-order valence-electron chi connectivity index (χ0n) is 8.19. The van der Waals surface area contributed by atoms with Gasteiger partial charge in [-0.2, -0.15) is 11.3 Å². The van der Waals surface area contributed by atoms with E-state index in [1.165, 1.54) is 11.3 Å². The van der Waals surface area contributed by atoms with Gasteiger partial charge in [0.2, 0.25) is 5.78 Å². The van der Waals surface area contributed by atoms with Crippen molar-refractivity contribution in [2.24, 2.45) is 0 Å². The van der Waals surface area contributed by atoms with Crippen molar-refractivity contribution in [3.63, 3.8) is 0 Å². The minimum atomic E-state index is -0.943. The molecule has 0 aliphatic heterocycles. The van der Waals surface area contributed by atoms with E-state index in [1.807, 2.05) is 0 Å². The molecule has 0 radical (unpaired) electrons. The summed E-state index contributed by atoms with van der Waals surface area (Å²) in [6.07, 6.45) is -0.421. The molecule has 15 heavy (non-hydrogen) atoms. The van der Waals surface area contributed by atoms with Gasteiger partial charge in [-0.15, -0.1) is 0 Å². The van der Waals surface area contributed by atoms with Crippen molar-refractivity contribution in [3.05, 3.63) is 22.4 Å². The summed E-state index contributed by atoms with van der Waals surface area (Å²) in [7, 11) is 0. The summed E-state index contributed by atoms with van der Waals surface area (Å²) in [5.74, 6) is -2.09. The Morgan fingerprint density at radius 1 is 1.40 bits per heavy atom. The maximum atomic E-state index is 11.4. The molecule has 0 unspecified atom stereocenters. The van der Waals surface area contributed by atoms with E-state index in [2.05, 4.69) is 4.74 Å². The SMILES string of the molecule is CCOC(=O)C(=O)CC(=O)c1ccsc1. The van der Waals surface area contributed by atoms with Gasteiger partial charge in [-0.25, -0.2) is 4.79 Å². The van der Waals surface area contributed by atoms with Crippen molar-refractivity contribution in [2.75, 3.05) is 6.61 Å². The lowest BCUT2D eigenvalue weighted by molar-refractivity contribution is -0.153. The highest BCUT2D eigenvalue weighted by atomic mass is 32.1. The van der Waals surface area contributed by atoms with Gasteiger partial charge in [-0.05, 0) is 18.4 Å². The van der Waals surface area contributed by atoms with Crippen molar-refractivity contribution in [3.8, 4) is 0 Å². The lowest BCUT2D eigenvalue weighted by atomic mass is 10.1. The number of hydrogen-bond acceptors (Lipinski definition) is 5. The molecule has 1 aromatic rings. The topological polar surface area (TPSA) is 60.4 Å². The Kier molecular flexibility index (Phi) is 4.17. The standard InChI is InChI=1S/C10H10O4S/c1-2-14-10(13)9(12)5-8(11)7-3-4-15-6-7/h3-4,6H,2,5H2,1H3. The van der Waals surface area contributed by atoms with Crippen molar-refractivity contribution in [1.29, 1.82) is 0 Å². The summed E-state index contributed by atoms with van der Waals surface area (Å²) in [4.78, 5) is 33.5. The Morgan fingerprint density at radius 3 is 2.67 bits per heavy atom. The molecule has 0 saturated carbocycles. The second-order valence-electron chi connectivity index (χ2n) is 2.76. The van der Waals surface area contributed by atoms with Crippen LogP contribution in [0.15, 0.2) is 16.8 Å². The molecule has 0 aliphatic carbocycles. The molecule has 0 fully saturated rings.